The Morgan fingerprint density at radius 2 is 2.19 bits per heavy atom. The van der Waals surface area contributed by atoms with Crippen LogP contribution in [-0.2, 0) is 0 Å². The van der Waals surface area contributed by atoms with Crippen LogP contribution in [0.4, 0.5) is 0 Å². The molecule has 3 atom stereocenters. The smallest absolute Gasteiger partial charge is 0.123 e. The summed E-state index contributed by atoms with van der Waals surface area (Å²) in [7, 11) is 3.76. The van der Waals surface area contributed by atoms with Crippen LogP contribution < -0.4 is 10.1 Å². The molecule has 2 rings (SSSR count). The maximum Gasteiger partial charge on any atom is 0.123 e. The van der Waals surface area contributed by atoms with Crippen molar-refractivity contribution in [2.45, 2.75) is 19.4 Å². The lowest BCUT2D eigenvalue weighted by Crippen LogP contribution is -2.19. The maximum atomic E-state index is 5.44. The normalized spacial score (nSPS) is 25.2. The molecule has 1 aliphatic rings. The number of rotatable bonds is 4. The fraction of sp³-hybridized carbons (Fsp3) is 0.538. The molecule has 1 fully saturated rings. The number of ether oxygens (including phenoxy) is 1. The molecule has 0 aromatic heterocycles. The number of hydrogen-bond donors (Lipinski definition) is 1. The van der Waals surface area contributed by atoms with Crippen molar-refractivity contribution in [1.29, 1.82) is 0 Å². The van der Waals surface area contributed by atoms with Crippen LogP contribution in [0.5, 0.6) is 5.75 Å². The predicted molar refractivity (Wildman–Crippen MR) is 69.8 cm³/mol. The van der Waals surface area contributed by atoms with Gasteiger partial charge in [0.05, 0.1) is 7.11 Å². The second-order valence-electron chi connectivity index (χ2n) is 4.53. The first kappa shape index (κ1) is 11.9. The molecule has 0 radical (unpaired) electrons. The van der Waals surface area contributed by atoms with Gasteiger partial charge in [-0.3, -0.25) is 0 Å². The molecule has 1 aliphatic carbocycles. The lowest BCUT2D eigenvalue weighted by molar-refractivity contribution is 0.393. The molecule has 0 heterocycles. The largest absolute Gasteiger partial charge is 0.496 e. The molecule has 3 unspecified atom stereocenters. The summed E-state index contributed by atoms with van der Waals surface area (Å²) >= 11 is 3.52. The van der Waals surface area contributed by atoms with Crippen molar-refractivity contribution in [3.63, 3.8) is 0 Å². The zero-order chi connectivity index (χ0) is 11.7. The third-order valence-corrected chi connectivity index (χ3v) is 3.93. The number of benzene rings is 1. The van der Waals surface area contributed by atoms with Gasteiger partial charge in [0.15, 0.2) is 0 Å². The average Bonchev–Trinajstić information content (AvgIpc) is 2.97. The van der Waals surface area contributed by atoms with Crippen LogP contribution in [0.15, 0.2) is 22.7 Å². The summed E-state index contributed by atoms with van der Waals surface area (Å²) in [6, 6.07) is 6.61. The predicted octanol–water partition coefficient (Wildman–Crippen LogP) is 3.37. The number of hydrogen-bond acceptors (Lipinski definition) is 2. The first-order valence-electron chi connectivity index (χ1n) is 5.68. The van der Waals surface area contributed by atoms with Crippen LogP contribution in [0.3, 0.4) is 0 Å². The van der Waals surface area contributed by atoms with Gasteiger partial charge in [0.1, 0.15) is 5.75 Å². The van der Waals surface area contributed by atoms with Crippen molar-refractivity contribution >= 4 is 15.9 Å². The molecule has 0 bridgehead atoms. The summed E-state index contributed by atoms with van der Waals surface area (Å²) in [6.45, 7) is 2.31. The van der Waals surface area contributed by atoms with E-state index in [0.29, 0.717) is 6.04 Å². The van der Waals surface area contributed by atoms with E-state index in [9.17, 15) is 0 Å². The Bertz CT molecular complexity index is 380. The van der Waals surface area contributed by atoms with Gasteiger partial charge < -0.3 is 10.1 Å². The van der Waals surface area contributed by atoms with Gasteiger partial charge in [-0.25, -0.2) is 0 Å². The molecule has 3 heteroatoms. The summed E-state index contributed by atoms with van der Waals surface area (Å²) < 4.78 is 6.54. The fourth-order valence-corrected chi connectivity index (χ4v) is 2.74. The zero-order valence-electron chi connectivity index (χ0n) is 9.96. The third kappa shape index (κ3) is 2.25. The summed E-state index contributed by atoms with van der Waals surface area (Å²) in [5, 5.41) is 3.41. The molecule has 16 heavy (non-hydrogen) atoms. The first-order chi connectivity index (χ1) is 7.67. The Balaban J connectivity index is 2.32. The van der Waals surface area contributed by atoms with E-state index in [-0.39, 0.29) is 0 Å². The van der Waals surface area contributed by atoms with Gasteiger partial charge in [-0.1, -0.05) is 22.9 Å². The van der Waals surface area contributed by atoms with Gasteiger partial charge >= 0.3 is 0 Å². The standard InChI is InChI=1S/C13H18BrNO/c1-8-6-10(8)13(15-2)11-7-9(14)4-5-12(11)16-3/h4-5,7-8,10,13,15H,6H2,1-3H3. The van der Waals surface area contributed by atoms with Crippen molar-refractivity contribution in [3.05, 3.63) is 28.2 Å². The van der Waals surface area contributed by atoms with E-state index >= 15 is 0 Å². The minimum atomic E-state index is 0.405. The Morgan fingerprint density at radius 3 is 2.69 bits per heavy atom. The molecular weight excluding hydrogens is 266 g/mol. The Morgan fingerprint density at radius 1 is 1.50 bits per heavy atom. The van der Waals surface area contributed by atoms with Gasteiger partial charge in [0, 0.05) is 16.1 Å². The van der Waals surface area contributed by atoms with Gasteiger partial charge in [-0.15, -0.1) is 0 Å². The lowest BCUT2D eigenvalue weighted by atomic mass is 10.0. The van der Waals surface area contributed by atoms with E-state index < -0.39 is 0 Å². The minimum Gasteiger partial charge on any atom is -0.496 e. The number of methoxy groups -OCH3 is 1. The average molecular weight is 284 g/mol. The second kappa shape index (κ2) is 4.76. The first-order valence-corrected chi connectivity index (χ1v) is 6.47. The van der Waals surface area contributed by atoms with Crippen molar-refractivity contribution in [1.82, 2.24) is 5.32 Å². The van der Waals surface area contributed by atoms with Crippen molar-refractivity contribution in [2.24, 2.45) is 11.8 Å². The van der Waals surface area contributed by atoms with Crippen molar-refractivity contribution in [3.8, 4) is 5.75 Å². The SMILES string of the molecule is CNC(c1cc(Br)ccc1OC)C1CC1C. The van der Waals surface area contributed by atoms with Crippen LogP contribution in [0.25, 0.3) is 0 Å². The highest BCUT2D eigenvalue weighted by Crippen LogP contribution is 2.48. The topological polar surface area (TPSA) is 21.3 Å². The summed E-state index contributed by atoms with van der Waals surface area (Å²) in [6.07, 6.45) is 1.31. The fourth-order valence-electron chi connectivity index (χ4n) is 2.36. The molecule has 1 N–H and O–H groups in total. The van der Waals surface area contributed by atoms with Gasteiger partial charge in [0.25, 0.3) is 0 Å². The quantitative estimate of drug-likeness (QED) is 0.915. The zero-order valence-corrected chi connectivity index (χ0v) is 11.5. The van der Waals surface area contributed by atoms with E-state index in [1.54, 1.807) is 7.11 Å². The van der Waals surface area contributed by atoms with E-state index in [2.05, 4.69) is 34.2 Å². The van der Waals surface area contributed by atoms with E-state index in [1.165, 1.54) is 12.0 Å². The molecule has 2 nitrogen and oxygen atoms in total. The monoisotopic (exact) mass is 283 g/mol. The molecule has 88 valence electrons. The van der Waals surface area contributed by atoms with Gasteiger partial charge in [-0.2, -0.15) is 0 Å². The van der Waals surface area contributed by atoms with Crippen molar-refractivity contribution in [2.75, 3.05) is 14.2 Å². The molecule has 0 amide bonds. The molecule has 1 aromatic rings. The summed E-state index contributed by atoms with van der Waals surface area (Å²) in [5.41, 5.74) is 1.26. The number of halogens is 1. The highest BCUT2D eigenvalue weighted by molar-refractivity contribution is 9.10. The Hall–Kier alpha value is -0.540. The highest BCUT2D eigenvalue weighted by atomic mass is 79.9. The van der Waals surface area contributed by atoms with Crippen LogP contribution in [0, 0.1) is 11.8 Å². The maximum absolute atomic E-state index is 5.44. The van der Waals surface area contributed by atoms with Crippen LogP contribution >= 0.6 is 15.9 Å². The summed E-state index contributed by atoms with van der Waals surface area (Å²) in [4.78, 5) is 0. The molecule has 0 aliphatic heterocycles. The highest BCUT2D eigenvalue weighted by Gasteiger charge is 2.40. The van der Waals surface area contributed by atoms with E-state index in [4.69, 9.17) is 4.74 Å². The number of nitrogens with one attached hydrogen (secondary N) is 1. The molecule has 1 saturated carbocycles. The Labute approximate surface area is 106 Å². The molecule has 1 aromatic carbocycles. The third-order valence-electron chi connectivity index (χ3n) is 3.44. The molecule has 0 spiro atoms. The summed E-state index contributed by atoms with van der Waals surface area (Å²) in [5.74, 6) is 2.54. The van der Waals surface area contributed by atoms with Gasteiger partial charge in [-0.05, 0) is 43.5 Å². The van der Waals surface area contributed by atoms with Crippen LogP contribution in [0.2, 0.25) is 0 Å². The minimum absolute atomic E-state index is 0.405. The van der Waals surface area contributed by atoms with E-state index in [0.717, 1.165) is 22.1 Å². The van der Waals surface area contributed by atoms with Crippen LogP contribution in [-0.4, -0.2) is 14.2 Å². The second-order valence-corrected chi connectivity index (χ2v) is 5.45. The molecule has 0 saturated heterocycles. The van der Waals surface area contributed by atoms with E-state index in [1.807, 2.05) is 19.2 Å². The lowest BCUT2D eigenvalue weighted by Gasteiger charge is -2.19. The Kier molecular flexibility index (Phi) is 3.55. The van der Waals surface area contributed by atoms with Crippen molar-refractivity contribution < 1.29 is 4.74 Å². The van der Waals surface area contributed by atoms with Crippen LogP contribution in [0.1, 0.15) is 24.9 Å². The van der Waals surface area contributed by atoms with Gasteiger partial charge in [0.2, 0.25) is 0 Å². The molecular formula is C13H18BrNO.